The van der Waals surface area contributed by atoms with E-state index in [-0.39, 0.29) is 29.7 Å². The Bertz CT molecular complexity index is 527. The molecule has 5 nitrogen and oxygen atoms in total. The van der Waals surface area contributed by atoms with Crippen molar-refractivity contribution in [3.63, 3.8) is 0 Å². The van der Waals surface area contributed by atoms with E-state index in [0.717, 1.165) is 19.4 Å². The van der Waals surface area contributed by atoms with Gasteiger partial charge >= 0.3 is 6.61 Å². The second-order valence-corrected chi connectivity index (χ2v) is 5.34. The van der Waals surface area contributed by atoms with Crippen LogP contribution >= 0.6 is 24.0 Å². The molecular formula is C17H28F2IN3O2. The molecule has 0 radical (unpaired) electrons. The molecule has 0 aliphatic carbocycles. The van der Waals surface area contributed by atoms with Crippen LogP contribution in [0.1, 0.15) is 32.3 Å². The number of rotatable bonds is 9. The van der Waals surface area contributed by atoms with Gasteiger partial charge in [0.2, 0.25) is 0 Å². The maximum Gasteiger partial charge on any atom is 0.387 e. The molecule has 0 aliphatic heterocycles. The molecule has 0 atom stereocenters. The lowest BCUT2D eigenvalue weighted by Crippen LogP contribution is -2.39. The first-order valence-electron chi connectivity index (χ1n) is 8.10. The zero-order valence-corrected chi connectivity index (χ0v) is 17.5. The number of halogens is 3. The number of guanidine groups is 1. The van der Waals surface area contributed by atoms with Crippen LogP contribution in [0.25, 0.3) is 0 Å². The molecule has 1 aromatic carbocycles. The third-order valence-corrected chi connectivity index (χ3v) is 3.87. The van der Waals surface area contributed by atoms with Crippen molar-refractivity contribution >= 4 is 29.9 Å². The molecule has 8 heteroatoms. The van der Waals surface area contributed by atoms with Crippen LogP contribution in [0, 0.1) is 5.92 Å². The minimum atomic E-state index is -2.87. The predicted octanol–water partition coefficient (Wildman–Crippen LogP) is 4.02. The van der Waals surface area contributed by atoms with Crippen molar-refractivity contribution in [2.24, 2.45) is 10.9 Å². The first kappa shape index (κ1) is 23.7. The van der Waals surface area contributed by atoms with Gasteiger partial charge in [-0.3, -0.25) is 4.99 Å². The normalized spacial score (nSPS) is 11.3. The summed E-state index contributed by atoms with van der Waals surface area (Å²) in [6.45, 7) is 2.53. The summed E-state index contributed by atoms with van der Waals surface area (Å²) < 4.78 is 34.7. The Labute approximate surface area is 165 Å². The summed E-state index contributed by atoms with van der Waals surface area (Å²) in [4.78, 5) is 4.15. The van der Waals surface area contributed by atoms with Gasteiger partial charge in [0, 0.05) is 25.7 Å². The van der Waals surface area contributed by atoms with Gasteiger partial charge < -0.3 is 20.1 Å². The highest BCUT2D eigenvalue weighted by Gasteiger charge is 2.12. The van der Waals surface area contributed by atoms with Gasteiger partial charge in [-0.1, -0.05) is 26.7 Å². The molecule has 0 saturated heterocycles. The molecule has 25 heavy (non-hydrogen) atoms. The molecule has 144 valence electrons. The van der Waals surface area contributed by atoms with Gasteiger partial charge in [-0.05, 0) is 24.1 Å². The topological polar surface area (TPSA) is 54.9 Å². The molecule has 0 saturated carbocycles. The predicted molar refractivity (Wildman–Crippen MR) is 107 cm³/mol. The number of methoxy groups -OCH3 is 1. The Morgan fingerprint density at radius 2 is 1.88 bits per heavy atom. The highest BCUT2D eigenvalue weighted by molar-refractivity contribution is 14.0. The van der Waals surface area contributed by atoms with E-state index >= 15 is 0 Å². The van der Waals surface area contributed by atoms with Gasteiger partial charge in [0.15, 0.2) is 5.96 Å². The zero-order chi connectivity index (χ0) is 17.9. The summed E-state index contributed by atoms with van der Waals surface area (Å²) >= 11 is 0. The molecule has 0 fully saturated rings. The van der Waals surface area contributed by atoms with E-state index in [0.29, 0.717) is 29.7 Å². The maximum absolute atomic E-state index is 12.5. The standard InChI is InChI=1S/C17H27F2N3O2.HI/c1-5-12(6-2)10-21-17(20-3)22-11-13-9-14(23-4)7-8-15(13)24-16(18)19;/h7-9,12,16H,5-6,10-11H2,1-4H3,(H2,20,21,22);1H. The lowest BCUT2D eigenvalue weighted by atomic mass is 10.0. The molecule has 0 spiro atoms. The fraction of sp³-hybridized carbons (Fsp3) is 0.588. The second-order valence-electron chi connectivity index (χ2n) is 5.34. The Balaban J connectivity index is 0.00000576. The number of aliphatic imine (C=N–C) groups is 1. The highest BCUT2D eigenvalue weighted by Crippen LogP contribution is 2.25. The van der Waals surface area contributed by atoms with Crippen molar-refractivity contribution in [1.29, 1.82) is 0 Å². The summed E-state index contributed by atoms with van der Waals surface area (Å²) in [6.07, 6.45) is 2.17. The van der Waals surface area contributed by atoms with Crippen LogP contribution in [-0.4, -0.2) is 33.3 Å². The van der Waals surface area contributed by atoms with Gasteiger partial charge in [-0.25, -0.2) is 0 Å². The molecule has 0 aliphatic rings. The van der Waals surface area contributed by atoms with E-state index in [1.807, 2.05) is 0 Å². The number of nitrogens with one attached hydrogen (secondary N) is 2. The average molecular weight is 471 g/mol. The molecule has 2 N–H and O–H groups in total. The zero-order valence-electron chi connectivity index (χ0n) is 15.1. The number of hydrogen-bond acceptors (Lipinski definition) is 3. The molecule has 1 aromatic rings. The Morgan fingerprint density at radius 3 is 2.40 bits per heavy atom. The molecule has 0 amide bonds. The van der Waals surface area contributed by atoms with Gasteiger partial charge in [-0.2, -0.15) is 8.78 Å². The molecule has 1 rings (SSSR count). The van der Waals surface area contributed by atoms with Gasteiger partial charge in [0.05, 0.1) is 7.11 Å². The van der Waals surface area contributed by atoms with E-state index in [1.165, 1.54) is 13.2 Å². The van der Waals surface area contributed by atoms with Crippen LogP contribution in [0.3, 0.4) is 0 Å². The number of hydrogen-bond donors (Lipinski definition) is 2. The maximum atomic E-state index is 12.5. The SMILES string of the molecule is CCC(CC)CNC(=NC)NCc1cc(OC)ccc1OC(F)F.I. The van der Waals surface area contributed by atoms with Crippen molar-refractivity contribution < 1.29 is 18.3 Å². The minimum Gasteiger partial charge on any atom is -0.497 e. The van der Waals surface area contributed by atoms with E-state index in [1.54, 1.807) is 19.2 Å². The summed E-state index contributed by atoms with van der Waals surface area (Å²) in [6, 6.07) is 4.72. The summed E-state index contributed by atoms with van der Waals surface area (Å²) in [5.41, 5.74) is 0.570. The van der Waals surface area contributed by atoms with E-state index in [4.69, 9.17) is 4.74 Å². The third kappa shape index (κ3) is 8.55. The van der Waals surface area contributed by atoms with Crippen molar-refractivity contribution in [3.8, 4) is 11.5 Å². The quantitative estimate of drug-likeness (QED) is 0.325. The third-order valence-electron chi connectivity index (χ3n) is 3.87. The molecule has 0 heterocycles. The fourth-order valence-corrected chi connectivity index (χ4v) is 2.25. The Kier molecular flexibility index (Phi) is 12.3. The minimum absolute atomic E-state index is 0. The van der Waals surface area contributed by atoms with Crippen LogP contribution in [-0.2, 0) is 6.54 Å². The van der Waals surface area contributed by atoms with E-state index in [9.17, 15) is 8.78 Å². The van der Waals surface area contributed by atoms with Gasteiger partial charge in [0.25, 0.3) is 0 Å². The molecule has 0 unspecified atom stereocenters. The lowest BCUT2D eigenvalue weighted by Gasteiger charge is -2.18. The van der Waals surface area contributed by atoms with Crippen molar-refractivity contribution in [1.82, 2.24) is 10.6 Å². The highest BCUT2D eigenvalue weighted by atomic mass is 127. The van der Waals surface area contributed by atoms with E-state index < -0.39 is 6.61 Å². The summed E-state index contributed by atoms with van der Waals surface area (Å²) in [5, 5.41) is 6.36. The first-order valence-corrected chi connectivity index (χ1v) is 8.10. The van der Waals surface area contributed by atoms with Crippen molar-refractivity contribution in [2.75, 3.05) is 20.7 Å². The van der Waals surface area contributed by atoms with Crippen LogP contribution in [0.4, 0.5) is 8.78 Å². The Morgan fingerprint density at radius 1 is 1.20 bits per heavy atom. The smallest absolute Gasteiger partial charge is 0.387 e. The summed E-state index contributed by atoms with van der Waals surface area (Å²) in [5.74, 6) is 1.88. The Hall–Kier alpha value is -1.32. The van der Waals surface area contributed by atoms with Crippen molar-refractivity contribution in [3.05, 3.63) is 23.8 Å². The van der Waals surface area contributed by atoms with Gasteiger partial charge in [-0.15, -0.1) is 24.0 Å². The monoisotopic (exact) mass is 471 g/mol. The largest absolute Gasteiger partial charge is 0.497 e. The van der Waals surface area contributed by atoms with Crippen LogP contribution in [0.5, 0.6) is 11.5 Å². The van der Waals surface area contributed by atoms with Crippen molar-refractivity contribution in [2.45, 2.75) is 39.8 Å². The number of alkyl halides is 2. The van der Waals surface area contributed by atoms with Crippen LogP contribution in [0.15, 0.2) is 23.2 Å². The molecule has 0 bridgehead atoms. The van der Waals surface area contributed by atoms with Crippen LogP contribution < -0.4 is 20.1 Å². The number of ether oxygens (including phenoxy) is 2. The van der Waals surface area contributed by atoms with Crippen LogP contribution in [0.2, 0.25) is 0 Å². The summed E-state index contributed by atoms with van der Waals surface area (Å²) in [7, 11) is 3.20. The molecular weight excluding hydrogens is 443 g/mol. The fourth-order valence-electron chi connectivity index (χ4n) is 2.25. The molecule has 0 aromatic heterocycles. The van der Waals surface area contributed by atoms with E-state index in [2.05, 4.69) is 34.2 Å². The second kappa shape index (κ2) is 13.0. The first-order chi connectivity index (χ1) is 11.5. The lowest BCUT2D eigenvalue weighted by molar-refractivity contribution is -0.0504. The average Bonchev–Trinajstić information content (AvgIpc) is 2.58. The number of benzene rings is 1. The van der Waals surface area contributed by atoms with Gasteiger partial charge in [0.1, 0.15) is 11.5 Å². The number of nitrogens with zero attached hydrogens (tertiary/aromatic N) is 1.